The number of hydrogen-bond donors (Lipinski definition) is 0. The molecular formula is C38H25NO. The van der Waals surface area contributed by atoms with E-state index in [1.165, 1.54) is 27.1 Å². The lowest BCUT2D eigenvalue weighted by Crippen LogP contribution is -2.11. The topological polar surface area (TPSA) is 12.5 Å². The number of para-hydroxylation sites is 2. The van der Waals surface area contributed by atoms with Gasteiger partial charge in [0.2, 0.25) is 0 Å². The molecular weight excluding hydrogens is 486 g/mol. The highest BCUT2D eigenvalue weighted by atomic mass is 16.5. The van der Waals surface area contributed by atoms with Crippen LogP contribution in [0.25, 0.3) is 43.8 Å². The van der Waals surface area contributed by atoms with Crippen LogP contribution in [-0.4, -0.2) is 0 Å². The molecule has 1 aliphatic rings. The third kappa shape index (κ3) is 3.58. The highest BCUT2D eigenvalue weighted by molar-refractivity contribution is 6.05. The van der Waals surface area contributed by atoms with Gasteiger partial charge in [-0.3, -0.25) is 0 Å². The first-order chi connectivity index (χ1) is 19.8. The minimum Gasteiger partial charge on any atom is -0.456 e. The molecule has 7 aromatic rings. The van der Waals surface area contributed by atoms with Gasteiger partial charge in [0.25, 0.3) is 0 Å². The average Bonchev–Trinajstić information content (AvgIpc) is 3.02. The van der Waals surface area contributed by atoms with E-state index in [1.54, 1.807) is 0 Å². The number of ether oxygens (including phenoxy) is 1. The fourth-order valence-corrected chi connectivity index (χ4v) is 6.03. The van der Waals surface area contributed by atoms with E-state index in [4.69, 9.17) is 4.74 Å². The Labute approximate surface area is 233 Å². The van der Waals surface area contributed by atoms with E-state index < -0.39 is 0 Å². The smallest absolute Gasteiger partial charge is 0.135 e. The van der Waals surface area contributed by atoms with E-state index in [-0.39, 0.29) is 0 Å². The number of nitrogens with zero attached hydrogens (tertiary/aromatic N) is 1. The Morgan fingerprint density at radius 2 is 1.10 bits per heavy atom. The van der Waals surface area contributed by atoms with E-state index in [1.807, 2.05) is 0 Å². The van der Waals surface area contributed by atoms with Crippen LogP contribution in [-0.2, 0) is 0 Å². The summed E-state index contributed by atoms with van der Waals surface area (Å²) in [6.07, 6.45) is 0. The Morgan fingerprint density at radius 1 is 0.425 bits per heavy atom. The maximum absolute atomic E-state index is 6.39. The van der Waals surface area contributed by atoms with Crippen molar-refractivity contribution in [1.29, 1.82) is 0 Å². The monoisotopic (exact) mass is 511 g/mol. The average molecular weight is 512 g/mol. The van der Waals surface area contributed by atoms with E-state index >= 15 is 0 Å². The summed E-state index contributed by atoms with van der Waals surface area (Å²) < 4.78 is 6.39. The molecule has 7 aromatic carbocycles. The van der Waals surface area contributed by atoms with Crippen molar-refractivity contribution in [2.45, 2.75) is 0 Å². The van der Waals surface area contributed by atoms with Crippen molar-refractivity contribution >= 4 is 38.6 Å². The van der Waals surface area contributed by atoms with Crippen molar-refractivity contribution in [3.8, 4) is 33.8 Å². The van der Waals surface area contributed by atoms with Gasteiger partial charge in [-0.25, -0.2) is 0 Å². The zero-order valence-electron chi connectivity index (χ0n) is 21.8. The minimum atomic E-state index is 0.890. The van der Waals surface area contributed by atoms with E-state index in [2.05, 4.69) is 157 Å². The third-order valence-electron chi connectivity index (χ3n) is 7.83. The number of benzene rings is 7. The second-order valence-corrected chi connectivity index (χ2v) is 10.2. The Bertz CT molecular complexity index is 2030. The van der Waals surface area contributed by atoms with Gasteiger partial charge in [0.15, 0.2) is 0 Å². The van der Waals surface area contributed by atoms with Crippen molar-refractivity contribution in [2.24, 2.45) is 0 Å². The van der Waals surface area contributed by atoms with Gasteiger partial charge in [-0.05, 0) is 64.4 Å². The number of fused-ring (bicyclic) bond motifs is 3. The number of rotatable bonds is 4. The molecule has 0 saturated carbocycles. The first-order valence-electron chi connectivity index (χ1n) is 13.6. The number of hydrogen-bond acceptors (Lipinski definition) is 2. The zero-order valence-corrected chi connectivity index (χ0v) is 21.8. The predicted molar refractivity (Wildman–Crippen MR) is 167 cm³/mol. The van der Waals surface area contributed by atoms with Crippen LogP contribution in [0.1, 0.15) is 0 Å². The Kier molecular flexibility index (Phi) is 5.17. The molecule has 0 fully saturated rings. The van der Waals surface area contributed by atoms with Crippen LogP contribution in [0.5, 0.6) is 11.5 Å². The van der Waals surface area contributed by atoms with Crippen LogP contribution < -0.4 is 9.64 Å². The lowest BCUT2D eigenvalue weighted by molar-refractivity contribution is 0.487. The quantitative estimate of drug-likeness (QED) is 0.233. The molecule has 1 aliphatic heterocycles. The molecule has 1 heterocycles. The molecule has 0 spiro atoms. The molecule has 2 heteroatoms. The molecule has 0 saturated heterocycles. The first-order valence-corrected chi connectivity index (χ1v) is 13.6. The van der Waals surface area contributed by atoms with Gasteiger partial charge in [-0.1, -0.05) is 109 Å². The van der Waals surface area contributed by atoms with Gasteiger partial charge in [-0.2, -0.15) is 0 Å². The molecule has 2 nitrogen and oxygen atoms in total. The van der Waals surface area contributed by atoms with Crippen molar-refractivity contribution < 1.29 is 4.74 Å². The SMILES string of the molecule is c1ccc(N(c2ccccc2-c2ccc3c(c2)-c2cccc4cccc(c24)O3)c2cccc3ccccc23)cc1. The maximum atomic E-state index is 6.39. The summed E-state index contributed by atoms with van der Waals surface area (Å²) in [5.74, 6) is 1.81. The van der Waals surface area contributed by atoms with Gasteiger partial charge in [-0.15, -0.1) is 0 Å². The summed E-state index contributed by atoms with van der Waals surface area (Å²) in [5, 5.41) is 4.80. The molecule has 188 valence electrons. The van der Waals surface area contributed by atoms with Gasteiger partial charge in [0.1, 0.15) is 11.5 Å². The molecule has 0 radical (unpaired) electrons. The molecule has 0 bridgehead atoms. The maximum Gasteiger partial charge on any atom is 0.135 e. The molecule has 0 amide bonds. The van der Waals surface area contributed by atoms with E-state index in [0.717, 1.165) is 45.3 Å². The Hall–Kier alpha value is -5.34. The van der Waals surface area contributed by atoms with Crippen molar-refractivity contribution in [3.63, 3.8) is 0 Å². The van der Waals surface area contributed by atoms with Gasteiger partial charge in [0.05, 0.1) is 11.4 Å². The molecule has 40 heavy (non-hydrogen) atoms. The molecule has 0 unspecified atom stereocenters. The van der Waals surface area contributed by atoms with E-state index in [9.17, 15) is 0 Å². The lowest BCUT2D eigenvalue weighted by atomic mass is 9.91. The van der Waals surface area contributed by atoms with Gasteiger partial charge < -0.3 is 9.64 Å². The second-order valence-electron chi connectivity index (χ2n) is 10.2. The van der Waals surface area contributed by atoms with Crippen LogP contribution >= 0.6 is 0 Å². The van der Waals surface area contributed by atoms with Crippen LogP contribution in [0.3, 0.4) is 0 Å². The zero-order chi connectivity index (χ0) is 26.5. The van der Waals surface area contributed by atoms with Gasteiger partial charge in [0, 0.05) is 27.6 Å². The second kappa shape index (κ2) is 9.14. The molecule has 8 rings (SSSR count). The van der Waals surface area contributed by atoms with Crippen molar-refractivity contribution in [3.05, 3.63) is 152 Å². The Morgan fingerprint density at radius 3 is 2.02 bits per heavy atom. The summed E-state index contributed by atoms with van der Waals surface area (Å²) in [6.45, 7) is 0. The highest BCUT2D eigenvalue weighted by Gasteiger charge is 2.22. The van der Waals surface area contributed by atoms with Crippen LogP contribution in [0.2, 0.25) is 0 Å². The lowest BCUT2D eigenvalue weighted by Gasteiger charge is -2.29. The van der Waals surface area contributed by atoms with Crippen LogP contribution in [0, 0.1) is 0 Å². The molecule has 0 aliphatic carbocycles. The largest absolute Gasteiger partial charge is 0.456 e. The standard InChI is InChI=1S/C38H25NO/c1-2-15-29(16-3-1)39(35-21-9-12-26-11-4-5-17-30(26)35)34-20-7-6-18-31(34)28-23-24-36-33(25-28)32-19-8-13-27-14-10-22-37(40-36)38(27)32/h1-25H. The number of anilines is 3. The van der Waals surface area contributed by atoms with Gasteiger partial charge >= 0.3 is 0 Å². The Balaban J connectivity index is 1.35. The molecule has 0 atom stereocenters. The fraction of sp³-hybridized carbons (Fsp3) is 0. The predicted octanol–water partition coefficient (Wildman–Crippen LogP) is 10.9. The summed E-state index contributed by atoms with van der Waals surface area (Å²) in [4.78, 5) is 2.38. The molecule has 0 N–H and O–H groups in total. The first kappa shape index (κ1) is 22.6. The summed E-state index contributed by atoms with van der Waals surface area (Å²) >= 11 is 0. The van der Waals surface area contributed by atoms with Crippen LogP contribution in [0.15, 0.2) is 152 Å². The van der Waals surface area contributed by atoms with E-state index in [0.29, 0.717) is 0 Å². The molecule has 0 aromatic heterocycles. The normalized spacial score (nSPS) is 11.7. The highest BCUT2D eigenvalue weighted by Crippen LogP contribution is 2.49. The third-order valence-corrected chi connectivity index (χ3v) is 7.83. The fourth-order valence-electron chi connectivity index (χ4n) is 6.03. The summed E-state index contributed by atoms with van der Waals surface area (Å²) in [5.41, 5.74) is 8.03. The van der Waals surface area contributed by atoms with Crippen molar-refractivity contribution in [1.82, 2.24) is 0 Å². The summed E-state index contributed by atoms with van der Waals surface area (Å²) in [7, 11) is 0. The van der Waals surface area contributed by atoms with Crippen molar-refractivity contribution in [2.75, 3.05) is 4.90 Å². The summed E-state index contributed by atoms with van der Waals surface area (Å²) in [6, 6.07) is 53.8. The minimum absolute atomic E-state index is 0.890. The van der Waals surface area contributed by atoms with Crippen LogP contribution in [0.4, 0.5) is 17.1 Å².